The average molecular weight is 395 g/mol. The van der Waals surface area contributed by atoms with E-state index < -0.39 is 0 Å². The van der Waals surface area contributed by atoms with E-state index in [0.29, 0.717) is 24.3 Å². The van der Waals surface area contributed by atoms with Crippen molar-refractivity contribution >= 4 is 35.8 Å². The predicted molar refractivity (Wildman–Crippen MR) is 110 cm³/mol. The molecule has 26 heavy (non-hydrogen) atoms. The summed E-state index contributed by atoms with van der Waals surface area (Å²) in [5.41, 5.74) is 12.2. The second-order valence-electron chi connectivity index (χ2n) is 5.19. The number of halogens is 1. The molecule has 0 radical (unpaired) electrons. The van der Waals surface area contributed by atoms with Crippen LogP contribution in [0.15, 0.2) is 48.5 Å². The molecule has 0 amide bonds. The number of nitrogens with two attached hydrogens (primary N) is 2. The van der Waals surface area contributed by atoms with Crippen molar-refractivity contribution in [2.45, 2.75) is 0 Å². The van der Waals surface area contributed by atoms with E-state index in [9.17, 15) is 0 Å². The van der Waals surface area contributed by atoms with Crippen LogP contribution in [0, 0.1) is 10.8 Å². The molecule has 0 saturated heterocycles. The van der Waals surface area contributed by atoms with Gasteiger partial charge in [-0.25, -0.2) is 0 Å². The summed E-state index contributed by atoms with van der Waals surface area (Å²) >= 11 is 1.75. The van der Waals surface area contributed by atoms with Crippen LogP contribution in [-0.4, -0.2) is 36.4 Å². The summed E-state index contributed by atoms with van der Waals surface area (Å²) in [6.07, 6.45) is 0. The Kier molecular flexibility index (Phi) is 9.40. The highest BCUT2D eigenvalue weighted by Crippen LogP contribution is 2.14. The molecular weight excluding hydrogens is 372 g/mol. The topological polar surface area (TPSA) is 118 Å². The van der Waals surface area contributed by atoms with Crippen LogP contribution < -0.4 is 20.9 Å². The van der Waals surface area contributed by atoms with Crippen LogP contribution in [0.3, 0.4) is 0 Å². The first kappa shape index (κ1) is 21.7. The number of thioether (sulfide) groups is 1. The fourth-order valence-corrected chi connectivity index (χ4v) is 2.61. The summed E-state index contributed by atoms with van der Waals surface area (Å²) in [4.78, 5) is 0. The van der Waals surface area contributed by atoms with Gasteiger partial charge in [-0.15, -0.1) is 12.4 Å². The van der Waals surface area contributed by atoms with E-state index in [1.807, 2.05) is 24.3 Å². The average Bonchev–Trinajstić information content (AvgIpc) is 2.61. The van der Waals surface area contributed by atoms with Crippen molar-refractivity contribution in [2.24, 2.45) is 11.5 Å². The first-order valence-corrected chi connectivity index (χ1v) is 8.94. The summed E-state index contributed by atoms with van der Waals surface area (Å²) < 4.78 is 11.3. The maximum Gasteiger partial charge on any atom is 0.122 e. The van der Waals surface area contributed by atoms with Gasteiger partial charge in [0.05, 0.1) is 13.2 Å². The molecule has 0 aliphatic heterocycles. The molecule has 0 bridgehead atoms. The van der Waals surface area contributed by atoms with Gasteiger partial charge in [0, 0.05) is 22.6 Å². The summed E-state index contributed by atoms with van der Waals surface area (Å²) in [5.74, 6) is 3.37. The van der Waals surface area contributed by atoms with Gasteiger partial charge in [-0.1, -0.05) is 0 Å². The third kappa shape index (κ3) is 7.25. The fourth-order valence-electron chi connectivity index (χ4n) is 2.00. The molecule has 0 aliphatic carbocycles. The second kappa shape index (κ2) is 11.3. The molecule has 6 N–H and O–H groups in total. The molecule has 140 valence electrons. The molecule has 0 spiro atoms. The van der Waals surface area contributed by atoms with Crippen molar-refractivity contribution in [3.8, 4) is 11.5 Å². The third-order valence-corrected chi connectivity index (χ3v) is 4.23. The molecule has 0 saturated carbocycles. The molecule has 8 heteroatoms. The highest BCUT2D eigenvalue weighted by Gasteiger charge is 1.99. The first-order chi connectivity index (χ1) is 12.1. The number of nitrogens with one attached hydrogen (secondary N) is 2. The lowest BCUT2D eigenvalue weighted by Crippen LogP contribution is -2.11. The summed E-state index contributed by atoms with van der Waals surface area (Å²) in [6, 6.07) is 14.4. The zero-order chi connectivity index (χ0) is 18.1. The molecule has 2 aromatic carbocycles. The molecule has 0 unspecified atom stereocenters. The lowest BCUT2D eigenvalue weighted by Gasteiger charge is -2.08. The Labute approximate surface area is 163 Å². The van der Waals surface area contributed by atoms with Crippen LogP contribution in [0.1, 0.15) is 11.1 Å². The number of hydrogen-bond donors (Lipinski definition) is 4. The number of amidine groups is 2. The normalized spacial score (nSPS) is 9.85. The van der Waals surface area contributed by atoms with Gasteiger partial charge >= 0.3 is 0 Å². The van der Waals surface area contributed by atoms with Gasteiger partial charge in [-0.2, -0.15) is 11.8 Å². The van der Waals surface area contributed by atoms with E-state index in [-0.39, 0.29) is 24.1 Å². The minimum absolute atomic E-state index is 0. The molecular formula is C18H23ClN4O2S. The Morgan fingerprint density at radius 3 is 1.38 bits per heavy atom. The number of benzene rings is 2. The molecule has 0 heterocycles. The fraction of sp³-hybridized carbons (Fsp3) is 0.222. The third-order valence-electron chi connectivity index (χ3n) is 3.32. The molecule has 0 fully saturated rings. The Morgan fingerprint density at radius 1 is 0.731 bits per heavy atom. The molecule has 0 atom stereocenters. The Balaban J connectivity index is 0.00000338. The predicted octanol–water partition coefficient (Wildman–Crippen LogP) is 2.87. The Morgan fingerprint density at radius 2 is 1.08 bits per heavy atom. The molecule has 6 nitrogen and oxygen atoms in total. The van der Waals surface area contributed by atoms with Crippen molar-refractivity contribution < 1.29 is 9.47 Å². The van der Waals surface area contributed by atoms with E-state index in [4.69, 9.17) is 31.8 Å². The largest absolute Gasteiger partial charge is 0.493 e. The summed E-state index contributed by atoms with van der Waals surface area (Å²) in [5, 5.41) is 14.7. The van der Waals surface area contributed by atoms with Gasteiger partial charge in [-0.3, -0.25) is 10.8 Å². The quantitative estimate of drug-likeness (QED) is 0.280. The highest BCUT2D eigenvalue weighted by atomic mass is 35.5. The summed E-state index contributed by atoms with van der Waals surface area (Å²) in [6.45, 7) is 1.22. The van der Waals surface area contributed by atoms with Crippen LogP contribution in [0.5, 0.6) is 11.5 Å². The van der Waals surface area contributed by atoms with Crippen molar-refractivity contribution in [2.75, 3.05) is 24.7 Å². The van der Waals surface area contributed by atoms with Crippen molar-refractivity contribution in [3.05, 3.63) is 59.7 Å². The maximum absolute atomic E-state index is 7.34. The van der Waals surface area contributed by atoms with Crippen LogP contribution in [0.25, 0.3) is 0 Å². The SMILES string of the molecule is Cl.N=C(N)c1ccc(OCCSCCOc2ccc(C(=N)N)cc2)cc1. The van der Waals surface area contributed by atoms with Gasteiger partial charge in [0.1, 0.15) is 23.2 Å². The zero-order valence-electron chi connectivity index (χ0n) is 14.2. The lowest BCUT2D eigenvalue weighted by atomic mass is 10.2. The molecule has 2 aromatic rings. The van der Waals surface area contributed by atoms with Gasteiger partial charge < -0.3 is 20.9 Å². The zero-order valence-corrected chi connectivity index (χ0v) is 15.9. The minimum Gasteiger partial charge on any atom is -0.493 e. The Bertz CT molecular complexity index is 647. The summed E-state index contributed by atoms with van der Waals surface area (Å²) in [7, 11) is 0. The standard InChI is InChI=1S/C18H22N4O2S.ClH/c19-17(20)13-1-5-15(6-2-13)23-9-11-25-12-10-24-16-7-3-14(4-8-16)18(21)22;/h1-8H,9-12H2,(H3,19,20)(H3,21,22);1H. The van der Waals surface area contributed by atoms with Crippen LogP contribution in [0.4, 0.5) is 0 Å². The van der Waals surface area contributed by atoms with Crippen LogP contribution in [0.2, 0.25) is 0 Å². The number of hydrogen-bond acceptors (Lipinski definition) is 5. The highest BCUT2D eigenvalue weighted by molar-refractivity contribution is 7.99. The first-order valence-electron chi connectivity index (χ1n) is 7.78. The number of nitrogen functional groups attached to an aromatic ring is 2. The smallest absolute Gasteiger partial charge is 0.122 e. The number of ether oxygens (including phenoxy) is 2. The van der Waals surface area contributed by atoms with Crippen LogP contribution >= 0.6 is 24.2 Å². The van der Waals surface area contributed by atoms with Gasteiger partial charge in [0.2, 0.25) is 0 Å². The molecule has 0 aromatic heterocycles. The molecule has 2 rings (SSSR count). The second-order valence-corrected chi connectivity index (χ2v) is 6.41. The monoisotopic (exact) mass is 394 g/mol. The van der Waals surface area contributed by atoms with Gasteiger partial charge in [0.25, 0.3) is 0 Å². The van der Waals surface area contributed by atoms with E-state index >= 15 is 0 Å². The Hall–Kier alpha value is -2.38. The number of rotatable bonds is 10. The van der Waals surface area contributed by atoms with E-state index in [1.165, 1.54) is 0 Å². The maximum atomic E-state index is 7.34. The van der Waals surface area contributed by atoms with Crippen molar-refractivity contribution in [1.82, 2.24) is 0 Å². The van der Waals surface area contributed by atoms with Gasteiger partial charge in [0.15, 0.2) is 0 Å². The van der Waals surface area contributed by atoms with E-state index in [2.05, 4.69) is 0 Å². The van der Waals surface area contributed by atoms with E-state index in [0.717, 1.165) is 23.0 Å². The lowest BCUT2D eigenvalue weighted by molar-refractivity contribution is 0.339. The van der Waals surface area contributed by atoms with E-state index in [1.54, 1.807) is 36.0 Å². The van der Waals surface area contributed by atoms with Crippen molar-refractivity contribution in [1.29, 1.82) is 10.8 Å². The molecule has 0 aliphatic rings. The van der Waals surface area contributed by atoms with Crippen LogP contribution in [-0.2, 0) is 0 Å². The van der Waals surface area contributed by atoms with Gasteiger partial charge in [-0.05, 0) is 48.5 Å². The minimum atomic E-state index is 0. The van der Waals surface area contributed by atoms with Crippen molar-refractivity contribution in [3.63, 3.8) is 0 Å².